The molecule has 3 nitrogen and oxygen atoms in total. The third-order valence-electron chi connectivity index (χ3n) is 1.86. The Kier molecular flexibility index (Phi) is 1.42. The van der Waals surface area contributed by atoms with Gasteiger partial charge < -0.3 is 4.90 Å². The molecule has 54 valence electrons. The van der Waals surface area contributed by atoms with Crippen LogP contribution in [0.25, 0.3) is 0 Å². The summed E-state index contributed by atoms with van der Waals surface area (Å²) >= 11 is 0. The number of hydrogen-bond donors (Lipinski definition) is 0. The molecule has 0 bridgehead atoms. The molecule has 0 fully saturated rings. The molecule has 3 heteroatoms. The van der Waals surface area contributed by atoms with Crippen molar-refractivity contribution < 1.29 is 0 Å². The van der Waals surface area contributed by atoms with Crippen LogP contribution in [0, 0.1) is 0 Å². The minimum atomic E-state index is 0.956. The van der Waals surface area contributed by atoms with Crippen molar-refractivity contribution in [2.24, 2.45) is 9.98 Å². The molecule has 0 unspecified atom stereocenters. The molecule has 0 aromatic heterocycles. The highest BCUT2D eigenvalue weighted by atomic mass is 15.3. The summed E-state index contributed by atoms with van der Waals surface area (Å²) in [6, 6.07) is 0. The monoisotopic (exact) mass is 137 g/mol. The first-order valence-corrected chi connectivity index (χ1v) is 3.79. The predicted molar refractivity (Wildman–Crippen MR) is 41.6 cm³/mol. The van der Waals surface area contributed by atoms with Crippen LogP contribution in [0.15, 0.2) is 9.98 Å². The van der Waals surface area contributed by atoms with Gasteiger partial charge in [0.1, 0.15) is 0 Å². The minimum Gasteiger partial charge on any atom is -0.341 e. The second-order valence-electron chi connectivity index (χ2n) is 2.62. The molecule has 2 aliphatic heterocycles. The lowest BCUT2D eigenvalue weighted by Gasteiger charge is -2.28. The summed E-state index contributed by atoms with van der Waals surface area (Å²) in [5.41, 5.74) is 0. The summed E-state index contributed by atoms with van der Waals surface area (Å²) in [6.45, 7) is 3.22. The van der Waals surface area contributed by atoms with E-state index in [1.807, 2.05) is 6.21 Å². The molecule has 2 heterocycles. The molecule has 0 aromatic rings. The molecular weight excluding hydrogens is 126 g/mol. The Morgan fingerprint density at radius 1 is 1.40 bits per heavy atom. The third kappa shape index (κ3) is 0.916. The van der Waals surface area contributed by atoms with Crippen molar-refractivity contribution >= 4 is 12.2 Å². The van der Waals surface area contributed by atoms with E-state index in [-0.39, 0.29) is 0 Å². The molecule has 0 spiro atoms. The largest absolute Gasteiger partial charge is 0.341 e. The zero-order chi connectivity index (χ0) is 6.81. The maximum absolute atomic E-state index is 4.30. The second kappa shape index (κ2) is 2.40. The van der Waals surface area contributed by atoms with Gasteiger partial charge in [0.25, 0.3) is 0 Å². The summed E-state index contributed by atoms with van der Waals surface area (Å²) in [6.07, 6.45) is 4.23. The zero-order valence-electron chi connectivity index (χ0n) is 5.95. The van der Waals surface area contributed by atoms with E-state index in [9.17, 15) is 0 Å². The quantitative estimate of drug-likeness (QED) is 0.478. The Balaban J connectivity index is 2.21. The molecule has 0 amide bonds. The Morgan fingerprint density at radius 3 is 3.30 bits per heavy atom. The van der Waals surface area contributed by atoms with Crippen molar-refractivity contribution in [3.63, 3.8) is 0 Å². The minimum absolute atomic E-state index is 0.956. The Bertz CT molecular complexity index is 183. The molecule has 2 aliphatic rings. The SMILES string of the molecule is C1=NC2=NCCCN2CC1. The van der Waals surface area contributed by atoms with Crippen LogP contribution in [0.1, 0.15) is 12.8 Å². The summed E-state index contributed by atoms with van der Waals surface area (Å²) < 4.78 is 0. The maximum Gasteiger partial charge on any atom is 0.220 e. The molecule has 0 N–H and O–H groups in total. The van der Waals surface area contributed by atoms with Crippen molar-refractivity contribution in [3.05, 3.63) is 0 Å². The van der Waals surface area contributed by atoms with Gasteiger partial charge in [0, 0.05) is 32.3 Å². The number of fused-ring (bicyclic) bond motifs is 1. The van der Waals surface area contributed by atoms with Gasteiger partial charge in [-0.25, -0.2) is 4.99 Å². The van der Waals surface area contributed by atoms with Crippen LogP contribution >= 0.6 is 0 Å². The Labute approximate surface area is 60.5 Å². The first-order chi connectivity index (χ1) is 4.97. The van der Waals surface area contributed by atoms with Crippen molar-refractivity contribution in [1.82, 2.24) is 4.90 Å². The first-order valence-electron chi connectivity index (χ1n) is 3.79. The maximum atomic E-state index is 4.30. The lowest BCUT2D eigenvalue weighted by molar-refractivity contribution is 0.395. The fourth-order valence-corrected chi connectivity index (χ4v) is 1.33. The molecule has 0 saturated carbocycles. The van der Waals surface area contributed by atoms with E-state index >= 15 is 0 Å². The second-order valence-corrected chi connectivity index (χ2v) is 2.62. The molecular formula is C7H11N3. The number of guanidine groups is 1. The number of rotatable bonds is 0. The van der Waals surface area contributed by atoms with E-state index < -0.39 is 0 Å². The highest BCUT2D eigenvalue weighted by Gasteiger charge is 2.15. The van der Waals surface area contributed by atoms with Crippen LogP contribution < -0.4 is 0 Å². The molecule has 0 radical (unpaired) electrons. The van der Waals surface area contributed by atoms with Crippen molar-refractivity contribution in [1.29, 1.82) is 0 Å². The van der Waals surface area contributed by atoms with Gasteiger partial charge in [0.2, 0.25) is 5.96 Å². The lowest BCUT2D eigenvalue weighted by Crippen LogP contribution is -2.37. The molecule has 0 atom stereocenters. The molecule has 0 saturated heterocycles. The summed E-state index contributed by atoms with van der Waals surface area (Å²) in [7, 11) is 0. The molecule has 0 aromatic carbocycles. The summed E-state index contributed by atoms with van der Waals surface area (Å²) in [5, 5.41) is 0. The van der Waals surface area contributed by atoms with Crippen LogP contribution in [0.5, 0.6) is 0 Å². The van der Waals surface area contributed by atoms with Gasteiger partial charge in [-0.3, -0.25) is 4.99 Å². The van der Waals surface area contributed by atoms with Gasteiger partial charge in [-0.2, -0.15) is 0 Å². The summed E-state index contributed by atoms with van der Waals surface area (Å²) in [5.74, 6) is 0.956. The van der Waals surface area contributed by atoms with Gasteiger partial charge in [-0.1, -0.05) is 0 Å². The number of hydrogen-bond acceptors (Lipinski definition) is 3. The van der Waals surface area contributed by atoms with Crippen molar-refractivity contribution in [3.8, 4) is 0 Å². The van der Waals surface area contributed by atoms with Gasteiger partial charge in [0.05, 0.1) is 0 Å². The smallest absolute Gasteiger partial charge is 0.220 e. The Hall–Kier alpha value is -0.860. The molecule has 0 aliphatic carbocycles. The summed E-state index contributed by atoms with van der Waals surface area (Å²) in [4.78, 5) is 10.8. The van der Waals surface area contributed by atoms with Crippen LogP contribution in [0.2, 0.25) is 0 Å². The fourth-order valence-electron chi connectivity index (χ4n) is 1.33. The van der Waals surface area contributed by atoms with Gasteiger partial charge in [-0.05, 0) is 6.42 Å². The average molecular weight is 137 g/mol. The number of aliphatic imine (C=N–C) groups is 2. The van der Waals surface area contributed by atoms with Gasteiger partial charge in [0.15, 0.2) is 0 Å². The van der Waals surface area contributed by atoms with E-state index in [1.54, 1.807) is 0 Å². The van der Waals surface area contributed by atoms with E-state index in [0.29, 0.717) is 0 Å². The van der Waals surface area contributed by atoms with E-state index in [4.69, 9.17) is 0 Å². The molecule has 2 rings (SSSR count). The molecule has 10 heavy (non-hydrogen) atoms. The van der Waals surface area contributed by atoms with Crippen LogP contribution in [0.4, 0.5) is 0 Å². The first kappa shape index (κ1) is 5.89. The van der Waals surface area contributed by atoms with Crippen LogP contribution in [-0.2, 0) is 0 Å². The predicted octanol–water partition coefficient (Wildman–Crippen LogP) is 0.523. The van der Waals surface area contributed by atoms with E-state index in [2.05, 4.69) is 14.9 Å². The Morgan fingerprint density at radius 2 is 2.40 bits per heavy atom. The highest BCUT2D eigenvalue weighted by Crippen LogP contribution is 2.07. The van der Waals surface area contributed by atoms with Crippen molar-refractivity contribution in [2.75, 3.05) is 19.6 Å². The number of nitrogens with zero attached hydrogens (tertiary/aromatic N) is 3. The zero-order valence-corrected chi connectivity index (χ0v) is 5.95. The topological polar surface area (TPSA) is 28.0 Å². The van der Waals surface area contributed by atoms with Crippen LogP contribution in [-0.4, -0.2) is 36.7 Å². The van der Waals surface area contributed by atoms with E-state index in [1.165, 1.54) is 6.42 Å². The standard InChI is InChI=1S/C7H11N3/c1-3-8-7-9-4-2-6-10(7)5-1/h3H,1-2,4-6H2. The average Bonchev–Trinajstić information content (AvgIpc) is 2.05. The highest BCUT2D eigenvalue weighted by molar-refractivity contribution is 5.90. The third-order valence-corrected chi connectivity index (χ3v) is 1.86. The van der Waals surface area contributed by atoms with Gasteiger partial charge in [-0.15, -0.1) is 0 Å². The van der Waals surface area contributed by atoms with E-state index in [0.717, 1.165) is 32.0 Å². The fraction of sp³-hybridized carbons (Fsp3) is 0.714. The normalized spacial score (nSPS) is 24.0. The lowest BCUT2D eigenvalue weighted by atomic mass is 10.3. The van der Waals surface area contributed by atoms with Crippen molar-refractivity contribution in [2.45, 2.75) is 12.8 Å². The van der Waals surface area contributed by atoms with Crippen LogP contribution in [0.3, 0.4) is 0 Å². The van der Waals surface area contributed by atoms with Gasteiger partial charge >= 0.3 is 0 Å².